The van der Waals surface area contributed by atoms with Crippen molar-refractivity contribution in [2.75, 3.05) is 12.3 Å². The molecule has 0 aromatic carbocycles. The van der Waals surface area contributed by atoms with E-state index in [1.807, 2.05) is 0 Å². The van der Waals surface area contributed by atoms with E-state index in [0.29, 0.717) is 17.9 Å². The molecule has 0 aliphatic heterocycles. The van der Waals surface area contributed by atoms with E-state index in [-0.39, 0.29) is 24.2 Å². The van der Waals surface area contributed by atoms with Crippen LogP contribution in [-0.2, 0) is 16.0 Å². The number of carbonyl (C=O) groups is 2. The van der Waals surface area contributed by atoms with Gasteiger partial charge >= 0.3 is 5.97 Å². The highest BCUT2D eigenvalue weighted by molar-refractivity contribution is 5.78. The van der Waals surface area contributed by atoms with Gasteiger partial charge in [-0.25, -0.2) is 0 Å². The van der Waals surface area contributed by atoms with Crippen LogP contribution in [0.3, 0.4) is 0 Å². The number of rotatable bonds is 6. The standard InChI is InChI=1S/C14H19N3O3/c15-10-2-3-11(16-8-10)6-12(18)17-9-14(4-1-5-14)7-13(19)20/h2-3,8H,1,4-7,9,15H2,(H,17,18)(H,19,20). The molecule has 1 fully saturated rings. The Labute approximate surface area is 117 Å². The summed E-state index contributed by atoms with van der Waals surface area (Å²) in [6.07, 6.45) is 4.57. The lowest BCUT2D eigenvalue weighted by Gasteiger charge is -2.40. The Balaban J connectivity index is 1.82. The van der Waals surface area contributed by atoms with E-state index in [9.17, 15) is 9.59 Å². The van der Waals surface area contributed by atoms with Gasteiger partial charge in [0.2, 0.25) is 5.91 Å². The molecule has 1 saturated carbocycles. The smallest absolute Gasteiger partial charge is 0.303 e. The number of carboxylic acid groups (broad SMARTS) is 1. The maximum atomic E-state index is 11.8. The molecule has 0 radical (unpaired) electrons. The molecule has 4 N–H and O–H groups in total. The minimum atomic E-state index is -0.806. The molecule has 6 heteroatoms. The number of nitrogens with one attached hydrogen (secondary N) is 1. The van der Waals surface area contributed by atoms with Gasteiger partial charge in [-0.3, -0.25) is 14.6 Å². The fourth-order valence-electron chi connectivity index (χ4n) is 2.47. The SMILES string of the molecule is Nc1ccc(CC(=O)NCC2(CC(=O)O)CCC2)nc1. The highest BCUT2D eigenvalue weighted by Gasteiger charge is 2.39. The summed E-state index contributed by atoms with van der Waals surface area (Å²) < 4.78 is 0. The Morgan fingerprint density at radius 2 is 2.15 bits per heavy atom. The van der Waals surface area contributed by atoms with Crippen molar-refractivity contribution in [2.24, 2.45) is 5.41 Å². The van der Waals surface area contributed by atoms with Crippen LogP contribution in [0.4, 0.5) is 5.69 Å². The maximum absolute atomic E-state index is 11.8. The van der Waals surface area contributed by atoms with E-state index in [1.165, 1.54) is 6.20 Å². The van der Waals surface area contributed by atoms with Gasteiger partial charge in [-0.2, -0.15) is 0 Å². The van der Waals surface area contributed by atoms with Crippen LogP contribution in [0.15, 0.2) is 18.3 Å². The second kappa shape index (κ2) is 5.90. The molecule has 0 bridgehead atoms. The lowest BCUT2D eigenvalue weighted by atomic mass is 9.66. The summed E-state index contributed by atoms with van der Waals surface area (Å²) in [5, 5.41) is 11.7. The number of carboxylic acids is 1. The molecule has 1 amide bonds. The van der Waals surface area contributed by atoms with E-state index in [2.05, 4.69) is 10.3 Å². The topological polar surface area (TPSA) is 105 Å². The fraction of sp³-hybridized carbons (Fsp3) is 0.500. The molecular formula is C14H19N3O3. The number of carbonyl (C=O) groups excluding carboxylic acids is 1. The Morgan fingerprint density at radius 3 is 2.65 bits per heavy atom. The van der Waals surface area contributed by atoms with Crippen molar-refractivity contribution in [1.82, 2.24) is 10.3 Å². The van der Waals surface area contributed by atoms with E-state index in [4.69, 9.17) is 10.8 Å². The summed E-state index contributed by atoms with van der Waals surface area (Å²) in [6.45, 7) is 0.424. The maximum Gasteiger partial charge on any atom is 0.303 e. The summed E-state index contributed by atoms with van der Waals surface area (Å²) in [5.74, 6) is -0.946. The van der Waals surface area contributed by atoms with Gasteiger partial charge in [0.25, 0.3) is 0 Å². The quantitative estimate of drug-likeness (QED) is 0.718. The molecule has 2 rings (SSSR count). The molecule has 0 unspecified atom stereocenters. The highest BCUT2D eigenvalue weighted by Crippen LogP contribution is 2.43. The molecule has 1 aliphatic rings. The van der Waals surface area contributed by atoms with Gasteiger partial charge in [0.1, 0.15) is 0 Å². The van der Waals surface area contributed by atoms with Crippen molar-refractivity contribution in [3.05, 3.63) is 24.0 Å². The van der Waals surface area contributed by atoms with E-state index < -0.39 is 5.97 Å². The van der Waals surface area contributed by atoms with Crippen LogP contribution in [-0.4, -0.2) is 28.5 Å². The summed E-state index contributed by atoms with van der Waals surface area (Å²) >= 11 is 0. The normalized spacial score (nSPS) is 16.2. The zero-order chi connectivity index (χ0) is 14.6. The second-order valence-electron chi connectivity index (χ2n) is 5.46. The number of aliphatic carboxylic acids is 1. The van der Waals surface area contributed by atoms with E-state index >= 15 is 0 Å². The third-order valence-electron chi connectivity index (χ3n) is 3.79. The van der Waals surface area contributed by atoms with Gasteiger partial charge < -0.3 is 16.2 Å². The number of aromatic nitrogens is 1. The van der Waals surface area contributed by atoms with Crippen LogP contribution in [0.2, 0.25) is 0 Å². The van der Waals surface area contributed by atoms with Crippen molar-refractivity contribution in [1.29, 1.82) is 0 Å². The summed E-state index contributed by atoms with van der Waals surface area (Å²) in [7, 11) is 0. The van der Waals surface area contributed by atoms with E-state index in [1.54, 1.807) is 12.1 Å². The Kier molecular flexibility index (Phi) is 4.22. The minimum Gasteiger partial charge on any atom is -0.481 e. The molecule has 6 nitrogen and oxygen atoms in total. The van der Waals surface area contributed by atoms with Gasteiger partial charge in [0, 0.05) is 12.2 Å². The number of nitrogens with two attached hydrogens (primary N) is 1. The molecule has 20 heavy (non-hydrogen) atoms. The average Bonchev–Trinajstić information content (AvgIpc) is 2.35. The first-order chi connectivity index (χ1) is 9.49. The third kappa shape index (κ3) is 3.69. The number of hydrogen-bond acceptors (Lipinski definition) is 4. The first kappa shape index (κ1) is 14.3. The van der Waals surface area contributed by atoms with Gasteiger partial charge in [0.15, 0.2) is 0 Å². The molecule has 0 atom stereocenters. The Morgan fingerprint density at radius 1 is 1.40 bits per heavy atom. The first-order valence-electron chi connectivity index (χ1n) is 6.68. The van der Waals surface area contributed by atoms with Gasteiger partial charge in [-0.1, -0.05) is 6.42 Å². The summed E-state index contributed by atoms with van der Waals surface area (Å²) in [5.41, 5.74) is 6.48. The molecular weight excluding hydrogens is 258 g/mol. The Bertz CT molecular complexity index is 495. The lowest BCUT2D eigenvalue weighted by molar-refractivity contribution is -0.141. The number of nitrogen functional groups attached to an aromatic ring is 1. The van der Waals surface area contributed by atoms with Crippen LogP contribution in [0.25, 0.3) is 0 Å². The molecule has 0 saturated heterocycles. The van der Waals surface area contributed by atoms with Crippen LogP contribution in [0.1, 0.15) is 31.4 Å². The number of anilines is 1. The molecule has 1 aromatic rings. The van der Waals surface area contributed by atoms with Crippen LogP contribution >= 0.6 is 0 Å². The van der Waals surface area contributed by atoms with E-state index in [0.717, 1.165) is 19.3 Å². The van der Waals surface area contributed by atoms with Crippen molar-refractivity contribution in [3.63, 3.8) is 0 Å². The highest BCUT2D eigenvalue weighted by atomic mass is 16.4. The molecule has 108 valence electrons. The number of hydrogen-bond donors (Lipinski definition) is 3. The summed E-state index contributed by atoms with van der Waals surface area (Å²) in [6, 6.07) is 3.42. The third-order valence-corrected chi connectivity index (χ3v) is 3.79. The fourth-order valence-corrected chi connectivity index (χ4v) is 2.47. The molecule has 0 spiro atoms. The number of amides is 1. The van der Waals surface area contributed by atoms with Crippen molar-refractivity contribution < 1.29 is 14.7 Å². The Hall–Kier alpha value is -2.11. The molecule has 1 heterocycles. The first-order valence-corrected chi connectivity index (χ1v) is 6.68. The minimum absolute atomic E-state index is 0.118. The predicted molar refractivity (Wildman–Crippen MR) is 73.9 cm³/mol. The van der Waals surface area contributed by atoms with Crippen molar-refractivity contribution in [3.8, 4) is 0 Å². The average molecular weight is 277 g/mol. The molecule has 1 aromatic heterocycles. The van der Waals surface area contributed by atoms with Gasteiger partial charge in [0.05, 0.1) is 24.7 Å². The number of pyridine rings is 1. The summed E-state index contributed by atoms with van der Waals surface area (Å²) in [4.78, 5) is 26.7. The predicted octanol–water partition coefficient (Wildman–Crippen LogP) is 0.967. The number of nitrogens with zero attached hydrogens (tertiary/aromatic N) is 1. The zero-order valence-electron chi connectivity index (χ0n) is 11.3. The van der Waals surface area contributed by atoms with Gasteiger partial charge in [-0.15, -0.1) is 0 Å². The molecule has 1 aliphatic carbocycles. The largest absolute Gasteiger partial charge is 0.481 e. The zero-order valence-corrected chi connectivity index (χ0v) is 11.3. The van der Waals surface area contributed by atoms with Crippen LogP contribution in [0, 0.1) is 5.41 Å². The van der Waals surface area contributed by atoms with Gasteiger partial charge in [-0.05, 0) is 30.4 Å². The lowest BCUT2D eigenvalue weighted by Crippen LogP contribution is -2.44. The van der Waals surface area contributed by atoms with Crippen molar-refractivity contribution >= 4 is 17.6 Å². The monoisotopic (exact) mass is 277 g/mol. The van der Waals surface area contributed by atoms with Crippen LogP contribution < -0.4 is 11.1 Å². The van der Waals surface area contributed by atoms with Crippen LogP contribution in [0.5, 0.6) is 0 Å². The van der Waals surface area contributed by atoms with Crippen molar-refractivity contribution in [2.45, 2.75) is 32.1 Å². The second-order valence-corrected chi connectivity index (χ2v) is 5.46.